The van der Waals surface area contributed by atoms with Gasteiger partial charge in [-0.1, -0.05) is 11.6 Å². The van der Waals surface area contributed by atoms with Crippen LogP contribution >= 0.6 is 11.6 Å². The Bertz CT molecular complexity index is 982. The number of anilines is 1. The number of piperidine rings is 1. The summed E-state index contributed by atoms with van der Waals surface area (Å²) in [5, 5.41) is 3.84. The Hall–Kier alpha value is -2.44. The van der Waals surface area contributed by atoms with E-state index < -0.39 is 0 Å². The topological polar surface area (TPSA) is 52.7 Å². The predicted octanol–water partition coefficient (Wildman–Crippen LogP) is 6.17. The second-order valence-electron chi connectivity index (χ2n) is 9.98. The molecule has 7 heteroatoms. The molecule has 2 fully saturated rings. The number of likely N-dealkylation sites (tertiary alicyclic amines) is 1. The van der Waals surface area contributed by atoms with Gasteiger partial charge in [-0.05, 0) is 119 Å². The number of carbonyl (C=O) groups is 2. The van der Waals surface area contributed by atoms with Gasteiger partial charge in [0, 0.05) is 35.3 Å². The molecule has 0 bridgehead atoms. The van der Waals surface area contributed by atoms with Crippen molar-refractivity contribution in [2.75, 3.05) is 31.6 Å². The minimum atomic E-state index is -0.307. The first-order valence-electron chi connectivity index (χ1n) is 12.7. The lowest BCUT2D eigenvalue weighted by Gasteiger charge is -2.34. The molecule has 2 aromatic carbocycles. The summed E-state index contributed by atoms with van der Waals surface area (Å²) in [5.41, 5.74) is 1.44. The number of rotatable bonds is 7. The van der Waals surface area contributed by atoms with Crippen molar-refractivity contribution in [3.8, 4) is 0 Å². The maximum absolute atomic E-state index is 13.1. The molecule has 1 saturated heterocycles. The molecular weight excluding hydrogens is 465 g/mol. The Morgan fingerprint density at radius 3 is 2.23 bits per heavy atom. The molecule has 4 rings (SSSR count). The zero-order chi connectivity index (χ0) is 24.8. The Morgan fingerprint density at radius 2 is 1.60 bits per heavy atom. The first-order valence-corrected chi connectivity index (χ1v) is 13.1. The number of amides is 2. The number of benzene rings is 2. The zero-order valence-corrected chi connectivity index (χ0v) is 21.1. The van der Waals surface area contributed by atoms with E-state index in [0.717, 1.165) is 63.8 Å². The van der Waals surface area contributed by atoms with E-state index in [1.54, 1.807) is 36.2 Å². The van der Waals surface area contributed by atoms with E-state index in [0.29, 0.717) is 16.5 Å². The molecule has 2 amide bonds. The average molecular weight is 500 g/mol. The second kappa shape index (κ2) is 12.0. The highest BCUT2D eigenvalue weighted by Gasteiger charge is 2.27. The van der Waals surface area contributed by atoms with Crippen LogP contribution in [0.15, 0.2) is 48.5 Å². The molecule has 2 aromatic rings. The molecule has 0 unspecified atom stereocenters. The second-order valence-corrected chi connectivity index (χ2v) is 10.4. The van der Waals surface area contributed by atoms with E-state index in [1.165, 1.54) is 18.6 Å². The molecule has 188 valence electrons. The van der Waals surface area contributed by atoms with Crippen LogP contribution in [-0.2, 0) is 0 Å². The molecule has 2 aliphatic rings. The van der Waals surface area contributed by atoms with Crippen molar-refractivity contribution in [2.45, 2.75) is 51.0 Å². The molecule has 0 atom stereocenters. The fourth-order valence-corrected chi connectivity index (χ4v) is 5.41. The minimum absolute atomic E-state index is 0.0433. The number of halogens is 2. The SMILES string of the molecule is CN(C(=O)N[C@H]1CC[C@H](CCN2CCC(C(=O)c3ccc(F)cc3)CC2)CC1)c1ccc(Cl)cc1. The van der Waals surface area contributed by atoms with Crippen molar-refractivity contribution in [2.24, 2.45) is 11.8 Å². The lowest BCUT2D eigenvalue weighted by molar-refractivity contribution is 0.0832. The van der Waals surface area contributed by atoms with Gasteiger partial charge in [-0.2, -0.15) is 0 Å². The summed E-state index contributed by atoms with van der Waals surface area (Å²) in [4.78, 5) is 29.4. The summed E-state index contributed by atoms with van der Waals surface area (Å²) in [6.07, 6.45) is 7.20. The van der Waals surface area contributed by atoms with Gasteiger partial charge in [-0.25, -0.2) is 9.18 Å². The number of hydrogen-bond donors (Lipinski definition) is 1. The standard InChI is InChI=1S/C28H35ClFN3O2/c1-32(26-12-6-23(29)7-13-26)28(35)31-25-10-2-20(3-11-25)14-17-33-18-15-22(16-19-33)27(34)21-4-8-24(30)9-5-21/h4-9,12-13,20,22,25H,2-3,10-11,14-19H2,1H3,(H,31,35)/t20-,25-. The highest BCUT2D eigenvalue weighted by Crippen LogP contribution is 2.29. The van der Waals surface area contributed by atoms with Gasteiger partial charge in [0.2, 0.25) is 0 Å². The van der Waals surface area contributed by atoms with Gasteiger partial charge in [0.05, 0.1) is 0 Å². The fourth-order valence-electron chi connectivity index (χ4n) is 5.28. The Morgan fingerprint density at radius 1 is 0.971 bits per heavy atom. The zero-order valence-electron chi connectivity index (χ0n) is 20.4. The number of urea groups is 1. The van der Waals surface area contributed by atoms with Crippen LogP contribution in [-0.4, -0.2) is 49.4 Å². The molecule has 1 aliphatic carbocycles. The van der Waals surface area contributed by atoms with Crippen molar-refractivity contribution < 1.29 is 14.0 Å². The van der Waals surface area contributed by atoms with E-state index >= 15 is 0 Å². The van der Waals surface area contributed by atoms with Crippen LogP contribution < -0.4 is 10.2 Å². The summed E-state index contributed by atoms with van der Waals surface area (Å²) in [6.45, 7) is 2.96. The molecular formula is C28H35ClFN3O2. The van der Waals surface area contributed by atoms with Gasteiger partial charge in [-0.15, -0.1) is 0 Å². The predicted molar refractivity (Wildman–Crippen MR) is 139 cm³/mol. The van der Waals surface area contributed by atoms with Crippen molar-refractivity contribution >= 4 is 29.1 Å². The Balaban J connectivity index is 1.13. The third-order valence-corrected chi connectivity index (χ3v) is 7.89. The number of ketones is 1. The molecule has 1 saturated carbocycles. The Labute approximate surface area is 212 Å². The van der Waals surface area contributed by atoms with Crippen molar-refractivity contribution in [3.05, 3.63) is 64.9 Å². The van der Waals surface area contributed by atoms with Crippen LogP contribution in [0.2, 0.25) is 5.02 Å². The van der Waals surface area contributed by atoms with Gasteiger partial charge in [0.15, 0.2) is 5.78 Å². The molecule has 1 aliphatic heterocycles. The number of carbonyl (C=O) groups excluding carboxylic acids is 2. The Kier molecular flexibility index (Phi) is 8.79. The van der Waals surface area contributed by atoms with Crippen molar-refractivity contribution in [1.82, 2.24) is 10.2 Å². The summed E-state index contributed by atoms with van der Waals surface area (Å²) >= 11 is 5.94. The molecule has 0 radical (unpaired) electrons. The van der Waals surface area contributed by atoms with Gasteiger partial charge in [0.25, 0.3) is 0 Å². The van der Waals surface area contributed by atoms with E-state index in [1.807, 2.05) is 12.1 Å². The maximum atomic E-state index is 13.1. The summed E-state index contributed by atoms with van der Waals surface area (Å²) < 4.78 is 13.1. The normalized spacial score (nSPS) is 21.5. The number of hydrogen-bond acceptors (Lipinski definition) is 3. The lowest BCUT2D eigenvalue weighted by Crippen LogP contribution is -2.44. The maximum Gasteiger partial charge on any atom is 0.321 e. The van der Waals surface area contributed by atoms with Crippen molar-refractivity contribution in [3.63, 3.8) is 0 Å². The monoisotopic (exact) mass is 499 g/mol. The van der Waals surface area contributed by atoms with Gasteiger partial charge in [0.1, 0.15) is 5.82 Å². The lowest BCUT2D eigenvalue weighted by atomic mass is 9.83. The highest BCUT2D eigenvalue weighted by atomic mass is 35.5. The molecule has 1 heterocycles. The summed E-state index contributed by atoms with van der Waals surface area (Å²) in [5.74, 6) is 0.572. The van der Waals surface area contributed by atoms with Gasteiger partial charge >= 0.3 is 6.03 Å². The van der Waals surface area contributed by atoms with E-state index in [9.17, 15) is 14.0 Å². The van der Waals surface area contributed by atoms with E-state index in [4.69, 9.17) is 11.6 Å². The first kappa shape index (κ1) is 25.6. The van der Waals surface area contributed by atoms with Gasteiger partial charge in [-0.3, -0.25) is 9.69 Å². The van der Waals surface area contributed by atoms with Crippen LogP contribution in [0.1, 0.15) is 55.3 Å². The molecule has 1 N–H and O–H groups in total. The molecule has 0 aromatic heterocycles. The number of nitrogens with one attached hydrogen (secondary N) is 1. The van der Waals surface area contributed by atoms with Crippen LogP contribution in [0.3, 0.4) is 0 Å². The van der Waals surface area contributed by atoms with Crippen LogP contribution in [0.4, 0.5) is 14.9 Å². The molecule has 35 heavy (non-hydrogen) atoms. The summed E-state index contributed by atoms with van der Waals surface area (Å²) in [7, 11) is 1.78. The quantitative estimate of drug-likeness (QED) is 0.463. The van der Waals surface area contributed by atoms with Crippen molar-refractivity contribution in [1.29, 1.82) is 0 Å². The van der Waals surface area contributed by atoms with Crippen LogP contribution in [0.25, 0.3) is 0 Å². The van der Waals surface area contributed by atoms with Crippen LogP contribution in [0, 0.1) is 17.7 Å². The molecule has 5 nitrogen and oxygen atoms in total. The average Bonchev–Trinajstić information content (AvgIpc) is 2.88. The highest BCUT2D eigenvalue weighted by molar-refractivity contribution is 6.30. The smallest absolute Gasteiger partial charge is 0.321 e. The van der Waals surface area contributed by atoms with E-state index in [2.05, 4.69) is 10.2 Å². The fraction of sp³-hybridized carbons (Fsp3) is 0.500. The van der Waals surface area contributed by atoms with E-state index in [-0.39, 0.29) is 29.6 Å². The van der Waals surface area contributed by atoms with Gasteiger partial charge < -0.3 is 10.2 Å². The minimum Gasteiger partial charge on any atom is -0.335 e. The third-order valence-electron chi connectivity index (χ3n) is 7.63. The van der Waals surface area contributed by atoms with Crippen LogP contribution in [0.5, 0.6) is 0 Å². The first-order chi connectivity index (χ1) is 16.9. The molecule has 0 spiro atoms. The number of Topliss-reactive ketones (excluding diaryl/α,β-unsaturated/α-hetero) is 1. The third kappa shape index (κ3) is 7.05. The summed E-state index contributed by atoms with van der Waals surface area (Å²) in [6, 6.07) is 13.3. The largest absolute Gasteiger partial charge is 0.335 e. The number of nitrogens with zero attached hydrogens (tertiary/aromatic N) is 2.